The van der Waals surface area contributed by atoms with Crippen LogP contribution in [0.3, 0.4) is 0 Å². The summed E-state index contributed by atoms with van der Waals surface area (Å²) in [7, 11) is 3.20. The Hall–Kier alpha value is -5.56. The summed E-state index contributed by atoms with van der Waals surface area (Å²) in [5, 5.41) is 21.6. The molecule has 3 aromatic rings. The molecule has 2 aromatic carbocycles. The second-order valence-corrected chi connectivity index (χ2v) is 10.9. The van der Waals surface area contributed by atoms with E-state index in [1.54, 1.807) is 14.2 Å². The summed E-state index contributed by atoms with van der Waals surface area (Å²) in [5.41, 5.74) is 14.1. The van der Waals surface area contributed by atoms with E-state index in [4.69, 9.17) is 40.7 Å². The maximum atomic E-state index is 13.1. The molecule has 280 valence electrons. The molecule has 1 aliphatic carbocycles. The van der Waals surface area contributed by atoms with Gasteiger partial charge in [0.15, 0.2) is 17.5 Å². The van der Waals surface area contributed by atoms with Gasteiger partial charge in [0, 0.05) is 11.9 Å². The summed E-state index contributed by atoms with van der Waals surface area (Å²) in [6, 6.07) is 11.6. The molecule has 0 aliphatic heterocycles. The predicted molar refractivity (Wildman–Crippen MR) is 173 cm³/mol. The molecule has 2 unspecified atom stereocenters. The average Bonchev–Trinajstić information content (AvgIpc) is 3.05. The van der Waals surface area contributed by atoms with Gasteiger partial charge in [-0.2, -0.15) is 26.3 Å². The van der Waals surface area contributed by atoms with Crippen LogP contribution in [0.2, 0.25) is 0 Å². The lowest BCUT2D eigenvalue weighted by molar-refractivity contribution is -0.193. The molecule has 2 atom stereocenters. The van der Waals surface area contributed by atoms with Gasteiger partial charge in [0.1, 0.15) is 5.82 Å². The summed E-state index contributed by atoms with van der Waals surface area (Å²) in [6.07, 6.45) is -5.62. The average molecular weight is 734 g/mol. The molecule has 0 saturated heterocycles. The molecule has 0 radical (unpaired) electrons. The van der Waals surface area contributed by atoms with Gasteiger partial charge in [-0.05, 0) is 56.0 Å². The van der Waals surface area contributed by atoms with Gasteiger partial charge in [0.2, 0.25) is 5.82 Å². The van der Waals surface area contributed by atoms with Crippen molar-refractivity contribution in [2.75, 3.05) is 26.1 Å². The Labute approximate surface area is 287 Å². The fourth-order valence-corrected chi connectivity index (χ4v) is 4.69. The number of nitrogens with zero attached hydrogens (tertiary/aromatic N) is 3. The summed E-state index contributed by atoms with van der Waals surface area (Å²) in [6.45, 7) is 2.43. The molecule has 14 nitrogen and oxygen atoms in total. The monoisotopic (exact) mass is 733 g/mol. The smallest absolute Gasteiger partial charge is 0.490 e. The largest absolute Gasteiger partial charge is 0.493 e. The van der Waals surface area contributed by atoms with E-state index in [2.05, 4.69) is 25.6 Å². The summed E-state index contributed by atoms with van der Waals surface area (Å²) in [5.74, 6) is -3.74. The van der Waals surface area contributed by atoms with E-state index < -0.39 is 24.3 Å². The van der Waals surface area contributed by atoms with Gasteiger partial charge < -0.3 is 41.8 Å². The number of nitrogens with two attached hydrogens (primary N) is 2. The highest BCUT2D eigenvalue weighted by Crippen LogP contribution is 2.29. The highest BCUT2D eigenvalue weighted by molar-refractivity contribution is 5.96. The number of hydrogen-bond acceptors (Lipinski definition) is 9. The lowest BCUT2D eigenvalue weighted by Gasteiger charge is -2.30. The van der Waals surface area contributed by atoms with E-state index in [-0.39, 0.29) is 29.8 Å². The number of aryl methyl sites for hydroxylation is 1. The number of rotatable bonds is 9. The predicted octanol–water partition coefficient (Wildman–Crippen LogP) is 4.19. The number of aliphatic carboxylic acids is 2. The fraction of sp³-hybridized carbons (Fsp3) is 0.419. The quantitative estimate of drug-likeness (QED) is 0.103. The van der Waals surface area contributed by atoms with E-state index >= 15 is 0 Å². The summed E-state index contributed by atoms with van der Waals surface area (Å²) >= 11 is 0. The number of methoxy groups -OCH3 is 2. The van der Waals surface area contributed by atoms with E-state index in [1.165, 1.54) is 0 Å². The van der Waals surface area contributed by atoms with Gasteiger partial charge in [0.05, 0.1) is 31.8 Å². The highest BCUT2D eigenvalue weighted by atomic mass is 19.4. The molecule has 20 heteroatoms. The molecule has 1 heterocycles. The normalized spacial score (nSPS) is 15.5. The molecular weight excluding hydrogens is 696 g/mol. The number of guanidine groups is 1. The molecule has 8 N–H and O–H groups in total. The van der Waals surface area contributed by atoms with Crippen LogP contribution in [0.5, 0.6) is 11.5 Å². The van der Waals surface area contributed by atoms with Crippen LogP contribution in [0.25, 0.3) is 10.9 Å². The standard InChI is InChI=1S/C27H35N7O3.2C2HF3O2/c1-16-8-10-19-18(14-16)24(32-20-6-4-5-7-21(20)33-27(28)29)34-25(31-19)26(35)30-13-12-17-9-11-22(36-2)23(15-17)37-3;2*3-2(4,5)1(6)7/h8-11,14-15,20-21H,4-7,12-13H2,1-3H3,(H,30,35)(H4,28,29,33)(H,31,32,34);2*(H,6,7). The molecule has 1 aromatic heterocycles. The molecule has 1 saturated carbocycles. The topological polar surface area (TPSA) is 224 Å². The number of amides is 1. The second-order valence-electron chi connectivity index (χ2n) is 10.9. The molecule has 1 fully saturated rings. The third-order valence-corrected chi connectivity index (χ3v) is 7.05. The van der Waals surface area contributed by atoms with Gasteiger partial charge in [-0.3, -0.25) is 4.79 Å². The lowest BCUT2D eigenvalue weighted by atomic mass is 9.90. The first-order valence-electron chi connectivity index (χ1n) is 15.0. The van der Waals surface area contributed by atoms with Gasteiger partial charge in [-0.15, -0.1) is 0 Å². The minimum atomic E-state index is -5.08. The zero-order chi connectivity index (χ0) is 38.5. The molecule has 0 spiro atoms. The van der Waals surface area contributed by atoms with Crippen LogP contribution in [0.1, 0.15) is 47.4 Å². The summed E-state index contributed by atoms with van der Waals surface area (Å²) < 4.78 is 74.1. The zero-order valence-corrected chi connectivity index (χ0v) is 27.6. The van der Waals surface area contributed by atoms with Gasteiger partial charge >= 0.3 is 24.3 Å². The minimum absolute atomic E-state index is 0.00965. The number of ether oxygens (including phenoxy) is 2. The van der Waals surface area contributed by atoms with Crippen LogP contribution < -0.4 is 31.6 Å². The maximum absolute atomic E-state index is 13.1. The lowest BCUT2D eigenvalue weighted by Crippen LogP contribution is -2.38. The van der Waals surface area contributed by atoms with Crippen molar-refractivity contribution in [3.05, 3.63) is 53.3 Å². The van der Waals surface area contributed by atoms with E-state index in [9.17, 15) is 31.1 Å². The SMILES string of the molecule is COc1ccc(CCNC(=O)c2nc(NC3CCCCC3N=C(N)N)c3cc(C)ccc3n2)cc1OC.O=C(O)C(F)(F)F.O=C(O)C(F)(F)F. The number of anilines is 1. The number of carboxylic acids is 2. The van der Waals surface area contributed by atoms with Crippen molar-refractivity contribution < 1.29 is 60.4 Å². The second kappa shape index (κ2) is 18.4. The Balaban J connectivity index is 0.000000543. The van der Waals surface area contributed by atoms with Crippen molar-refractivity contribution in [2.24, 2.45) is 16.5 Å². The molecule has 51 heavy (non-hydrogen) atoms. The first-order valence-corrected chi connectivity index (χ1v) is 15.0. The van der Waals surface area contributed by atoms with Crippen molar-refractivity contribution in [2.45, 2.75) is 63.5 Å². The van der Waals surface area contributed by atoms with Crippen LogP contribution in [-0.4, -0.2) is 89.2 Å². The first kappa shape index (κ1) is 41.6. The fourth-order valence-electron chi connectivity index (χ4n) is 4.69. The van der Waals surface area contributed by atoms with Crippen LogP contribution in [0, 0.1) is 6.92 Å². The summed E-state index contributed by atoms with van der Waals surface area (Å²) in [4.78, 5) is 44.5. The number of nitrogens with one attached hydrogen (secondary N) is 2. The third kappa shape index (κ3) is 13.3. The Morgan fingerprint density at radius 1 is 0.902 bits per heavy atom. The van der Waals surface area contributed by atoms with Gasteiger partial charge in [-0.1, -0.05) is 30.5 Å². The molecular formula is C31H37F6N7O7. The van der Waals surface area contributed by atoms with Crippen LogP contribution >= 0.6 is 0 Å². The van der Waals surface area contributed by atoms with Crippen molar-refractivity contribution in [1.29, 1.82) is 0 Å². The van der Waals surface area contributed by atoms with Crippen molar-refractivity contribution in [3.8, 4) is 11.5 Å². The van der Waals surface area contributed by atoms with Crippen molar-refractivity contribution >= 4 is 40.5 Å². The van der Waals surface area contributed by atoms with Gasteiger partial charge in [0.25, 0.3) is 5.91 Å². The number of fused-ring (bicyclic) bond motifs is 1. The first-order chi connectivity index (χ1) is 23.8. The molecule has 4 rings (SSSR count). The Morgan fingerprint density at radius 2 is 1.49 bits per heavy atom. The number of aromatic nitrogens is 2. The Bertz CT molecular complexity index is 1680. The van der Waals surface area contributed by atoms with E-state index in [0.29, 0.717) is 35.8 Å². The molecule has 1 amide bonds. The van der Waals surface area contributed by atoms with Crippen molar-refractivity contribution in [1.82, 2.24) is 15.3 Å². The zero-order valence-electron chi connectivity index (χ0n) is 27.6. The van der Waals surface area contributed by atoms with Crippen molar-refractivity contribution in [3.63, 3.8) is 0 Å². The third-order valence-electron chi connectivity index (χ3n) is 7.05. The van der Waals surface area contributed by atoms with Gasteiger partial charge in [-0.25, -0.2) is 24.5 Å². The molecule has 1 aliphatic rings. The number of carboxylic acid groups (broad SMARTS) is 2. The maximum Gasteiger partial charge on any atom is 0.490 e. The molecule has 0 bridgehead atoms. The van der Waals surface area contributed by atoms with E-state index in [0.717, 1.165) is 42.2 Å². The number of hydrogen-bond donors (Lipinski definition) is 6. The Morgan fingerprint density at radius 3 is 2.04 bits per heavy atom. The van der Waals surface area contributed by atoms with Crippen LogP contribution in [0.15, 0.2) is 41.4 Å². The number of alkyl halides is 6. The number of carbonyl (C=O) groups excluding carboxylic acids is 1. The number of benzene rings is 2. The highest BCUT2D eigenvalue weighted by Gasteiger charge is 2.39. The van der Waals surface area contributed by atoms with Crippen LogP contribution in [0.4, 0.5) is 32.2 Å². The van der Waals surface area contributed by atoms with Crippen LogP contribution in [-0.2, 0) is 16.0 Å². The minimum Gasteiger partial charge on any atom is -0.493 e. The van der Waals surface area contributed by atoms with E-state index in [1.807, 2.05) is 43.3 Å². The number of aliphatic imine (C=N–C) groups is 1. The Kier molecular flexibility index (Phi) is 15.0. The number of halogens is 6. The number of carbonyl (C=O) groups is 3.